The first-order valence-electron chi connectivity index (χ1n) is 8.01. The van der Waals surface area contributed by atoms with Gasteiger partial charge in [0.15, 0.2) is 5.96 Å². The van der Waals surface area contributed by atoms with Crippen LogP contribution < -0.4 is 5.32 Å². The van der Waals surface area contributed by atoms with Gasteiger partial charge in [0.1, 0.15) is 0 Å². The van der Waals surface area contributed by atoms with E-state index >= 15 is 0 Å². The van der Waals surface area contributed by atoms with Crippen molar-refractivity contribution >= 4 is 5.96 Å². The Bertz CT molecular complexity index is 495. The zero-order valence-corrected chi connectivity index (χ0v) is 12.8. The second-order valence-electron chi connectivity index (χ2n) is 5.84. The van der Waals surface area contributed by atoms with Crippen LogP contribution in [0.4, 0.5) is 0 Å². The Hall–Kier alpha value is -1.55. The van der Waals surface area contributed by atoms with E-state index in [0.29, 0.717) is 6.10 Å². The van der Waals surface area contributed by atoms with Crippen molar-refractivity contribution in [3.05, 3.63) is 35.4 Å². The predicted octanol–water partition coefficient (Wildman–Crippen LogP) is 2.19. The lowest BCUT2D eigenvalue weighted by Crippen LogP contribution is -2.44. The SMILES string of the molecule is CN=C(NCCC1CCCO1)N1CCc2ccccc2C1. The summed E-state index contributed by atoms with van der Waals surface area (Å²) in [5, 5.41) is 3.49. The third-order valence-corrected chi connectivity index (χ3v) is 4.42. The molecule has 3 rings (SSSR count). The summed E-state index contributed by atoms with van der Waals surface area (Å²) in [6.45, 7) is 3.87. The molecule has 21 heavy (non-hydrogen) atoms. The van der Waals surface area contributed by atoms with E-state index in [2.05, 4.69) is 39.5 Å². The highest BCUT2D eigenvalue weighted by Crippen LogP contribution is 2.18. The molecule has 1 fully saturated rings. The van der Waals surface area contributed by atoms with Gasteiger partial charge >= 0.3 is 0 Å². The van der Waals surface area contributed by atoms with Gasteiger partial charge in [-0.15, -0.1) is 0 Å². The first-order chi connectivity index (χ1) is 10.4. The van der Waals surface area contributed by atoms with Crippen molar-refractivity contribution in [3.63, 3.8) is 0 Å². The van der Waals surface area contributed by atoms with Crippen LogP contribution in [0.25, 0.3) is 0 Å². The van der Waals surface area contributed by atoms with Crippen LogP contribution in [-0.2, 0) is 17.7 Å². The quantitative estimate of drug-likeness (QED) is 0.684. The molecule has 1 N–H and O–H groups in total. The van der Waals surface area contributed by atoms with Gasteiger partial charge in [-0.25, -0.2) is 0 Å². The number of benzene rings is 1. The van der Waals surface area contributed by atoms with Gasteiger partial charge in [0.2, 0.25) is 0 Å². The lowest BCUT2D eigenvalue weighted by Gasteiger charge is -2.31. The normalized spacial score (nSPS) is 22.2. The summed E-state index contributed by atoms with van der Waals surface area (Å²) in [6.07, 6.45) is 5.03. The number of rotatable bonds is 3. The highest BCUT2D eigenvalue weighted by Gasteiger charge is 2.19. The smallest absolute Gasteiger partial charge is 0.193 e. The van der Waals surface area contributed by atoms with Crippen molar-refractivity contribution in [2.24, 2.45) is 4.99 Å². The number of guanidine groups is 1. The van der Waals surface area contributed by atoms with Crippen molar-refractivity contribution in [1.29, 1.82) is 0 Å². The highest BCUT2D eigenvalue weighted by atomic mass is 16.5. The van der Waals surface area contributed by atoms with Crippen LogP contribution in [0.15, 0.2) is 29.3 Å². The predicted molar refractivity (Wildman–Crippen MR) is 85.5 cm³/mol. The zero-order chi connectivity index (χ0) is 14.5. The summed E-state index contributed by atoms with van der Waals surface area (Å²) < 4.78 is 5.67. The fourth-order valence-corrected chi connectivity index (χ4v) is 3.23. The molecule has 114 valence electrons. The van der Waals surface area contributed by atoms with E-state index in [1.165, 1.54) is 24.0 Å². The van der Waals surface area contributed by atoms with Crippen LogP contribution in [-0.4, -0.2) is 43.7 Å². The standard InChI is InChI=1S/C17H25N3O/c1-18-17(19-10-8-16-7-4-12-21-16)20-11-9-14-5-2-3-6-15(14)13-20/h2-3,5-6,16H,4,7-13H2,1H3,(H,18,19). The summed E-state index contributed by atoms with van der Waals surface area (Å²) in [5.41, 5.74) is 2.90. The van der Waals surface area contributed by atoms with Crippen LogP contribution >= 0.6 is 0 Å². The summed E-state index contributed by atoms with van der Waals surface area (Å²) >= 11 is 0. The van der Waals surface area contributed by atoms with E-state index in [9.17, 15) is 0 Å². The minimum atomic E-state index is 0.442. The van der Waals surface area contributed by atoms with Crippen LogP contribution in [0.1, 0.15) is 30.4 Å². The van der Waals surface area contributed by atoms with E-state index < -0.39 is 0 Å². The van der Waals surface area contributed by atoms with Crippen molar-refractivity contribution in [2.75, 3.05) is 26.7 Å². The topological polar surface area (TPSA) is 36.9 Å². The second-order valence-corrected chi connectivity index (χ2v) is 5.84. The molecule has 1 aromatic carbocycles. The van der Waals surface area contributed by atoms with Crippen LogP contribution in [0.3, 0.4) is 0 Å². The molecule has 2 aliphatic heterocycles. The second kappa shape index (κ2) is 6.94. The Kier molecular flexibility index (Phi) is 4.76. The number of fused-ring (bicyclic) bond motifs is 1. The fourth-order valence-electron chi connectivity index (χ4n) is 3.23. The van der Waals surface area contributed by atoms with Crippen LogP contribution in [0.2, 0.25) is 0 Å². The highest BCUT2D eigenvalue weighted by molar-refractivity contribution is 5.80. The minimum Gasteiger partial charge on any atom is -0.378 e. The number of nitrogens with zero attached hydrogens (tertiary/aromatic N) is 2. The van der Waals surface area contributed by atoms with Crippen molar-refractivity contribution in [3.8, 4) is 0 Å². The molecule has 4 nitrogen and oxygen atoms in total. The monoisotopic (exact) mass is 287 g/mol. The van der Waals surface area contributed by atoms with Gasteiger partial charge in [0.25, 0.3) is 0 Å². The molecule has 0 spiro atoms. The fraction of sp³-hybridized carbons (Fsp3) is 0.588. The molecule has 1 atom stereocenters. The molecule has 4 heteroatoms. The van der Waals surface area contributed by atoms with Gasteiger partial charge in [0, 0.05) is 33.3 Å². The maximum absolute atomic E-state index is 5.67. The number of hydrogen-bond donors (Lipinski definition) is 1. The summed E-state index contributed by atoms with van der Waals surface area (Å²) in [5.74, 6) is 1.02. The number of ether oxygens (including phenoxy) is 1. The third kappa shape index (κ3) is 3.56. The van der Waals surface area contributed by atoms with Crippen molar-refractivity contribution < 1.29 is 4.74 Å². The van der Waals surface area contributed by atoms with Gasteiger partial charge < -0.3 is 15.0 Å². The lowest BCUT2D eigenvalue weighted by atomic mass is 10.0. The average molecular weight is 287 g/mol. The van der Waals surface area contributed by atoms with E-state index in [4.69, 9.17) is 4.74 Å². The molecule has 1 aromatic rings. The summed E-state index contributed by atoms with van der Waals surface area (Å²) in [7, 11) is 1.87. The molecule has 0 aromatic heterocycles. The number of nitrogens with one attached hydrogen (secondary N) is 1. The van der Waals surface area contributed by atoms with Gasteiger partial charge in [-0.2, -0.15) is 0 Å². The Balaban J connectivity index is 1.52. The Morgan fingerprint density at radius 2 is 2.24 bits per heavy atom. The first kappa shape index (κ1) is 14.4. The molecule has 0 saturated carbocycles. The Morgan fingerprint density at radius 3 is 3.00 bits per heavy atom. The first-order valence-corrected chi connectivity index (χ1v) is 8.01. The third-order valence-electron chi connectivity index (χ3n) is 4.42. The van der Waals surface area contributed by atoms with Crippen LogP contribution in [0, 0.1) is 0 Å². The number of hydrogen-bond acceptors (Lipinski definition) is 2. The lowest BCUT2D eigenvalue weighted by molar-refractivity contribution is 0.105. The maximum Gasteiger partial charge on any atom is 0.193 e. The molecule has 0 radical (unpaired) electrons. The Labute approximate surface area is 127 Å². The van der Waals surface area contributed by atoms with Gasteiger partial charge in [0.05, 0.1) is 6.10 Å². The van der Waals surface area contributed by atoms with E-state index in [-0.39, 0.29) is 0 Å². The average Bonchev–Trinajstić information content (AvgIpc) is 3.04. The largest absolute Gasteiger partial charge is 0.378 e. The molecule has 1 unspecified atom stereocenters. The molecule has 0 bridgehead atoms. The van der Waals surface area contributed by atoms with Gasteiger partial charge in [-0.1, -0.05) is 24.3 Å². The van der Waals surface area contributed by atoms with Crippen molar-refractivity contribution in [1.82, 2.24) is 10.2 Å². The summed E-state index contributed by atoms with van der Waals surface area (Å²) in [4.78, 5) is 6.78. The Morgan fingerprint density at radius 1 is 1.38 bits per heavy atom. The number of aliphatic imine (C=N–C) groups is 1. The maximum atomic E-state index is 5.67. The van der Waals surface area contributed by atoms with Gasteiger partial charge in [-0.05, 0) is 36.8 Å². The molecule has 2 aliphatic rings. The van der Waals surface area contributed by atoms with Crippen LogP contribution in [0.5, 0.6) is 0 Å². The molecular weight excluding hydrogens is 262 g/mol. The molecule has 0 amide bonds. The molecular formula is C17H25N3O. The minimum absolute atomic E-state index is 0.442. The molecule has 2 heterocycles. The van der Waals surface area contributed by atoms with Crippen molar-refractivity contribution in [2.45, 2.75) is 38.3 Å². The van der Waals surface area contributed by atoms with Gasteiger partial charge in [-0.3, -0.25) is 4.99 Å². The van der Waals surface area contributed by atoms with E-state index in [1.54, 1.807) is 0 Å². The van der Waals surface area contributed by atoms with E-state index in [0.717, 1.165) is 45.0 Å². The molecule has 1 saturated heterocycles. The summed E-state index contributed by atoms with van der Waals surface area (Å²) in [6, 6.07) is 8.71. The zero-order valence-electron chi connectivity index (χ0n) is 12.8. The molecule has 0 aliphatic carbocycles. The van der Waals surface area contributed by atoms with E-state index in [1.807, 2.05) is 7.05 Å².